The number of aromatic nitrogens is 1. The summed E-state index contributed by atoms with van der Waals surface area (Å²) >= 11 is 11.4. The molecule has 0 fully saturated rings. The van der Waals surface area contributed by atoms with E-state index in [1.54, 1.807) is 0 Å². The number of nitrogens with zero attached hydrogens (tertiary/aromatic N) is 1. The Morgan fingerprint density at radius 3 is 2.83 bits per heavy atom. The lowest BCUT2D eigenvalue weighted by Crippen LogP contribution is -2.10. The first-order valence-electron chi connectivity index (χ1n) is 3.38. The van der Waals surface area contributed by atoms with Gasteiger partial charge in [0.1, 0.15) is 11.8 Å². The average Bonchev–Trinajstić information content (AvgIpc) is 2.03. The highest BCUT2D eigenvalue weighted by Crippen LogP contribution is 2.25. The van der Waals surface area contributed by atoms with E-state index >= 15 is 0 Å². The second-order valence-corrected chi connectivity index (χ2v) is 2.87. The molecule has 1 aromatic heterocycles. The number of hydrogen-bond donors (Lipinski definition) is 1. The Morgan fingerprint density at radius 2 is 2.25 bits per heavy atom. The summed E-state index contributed by atoms with van der Waals surface area (Å²) in [4.78, 5) is 3.81. The highest BCUT2D eigenvalue weighted by Gasteiger charge is 2.01. The fourth-order valence-corrected chi connectivity index (χ4v) is 1.09. The van der Waals surface area contributed by atoms with Gasteiger partial charge in [0.05, 0.1) is 11.2 Å². The molecule has 66 valence electrons. The van der Waals surface area contributed by atoms with Crippen molar-refractivity contribution < 1.29 is 4.74 Å². The SMILES string of the molecule is NCCOc1cnc(Cl)cc1Cl. The predicted molar refractivity (Wildman–Crippen MR) is 48.8 cm³/mol. The zero-order valence-corrected chi connectivity index (χ0v) is 7.77. The van der Waals surface area contributed by atoms with Gasteiger partial charge >= 0.3 is 0 Å². The summed E-state index contributed by atoms with van der Waals surface area (Å²) in [5, 5.41) is 0.795. The lowest BCUT2D eigenvalue weighted by molar-refractivity contribution is 0.327. The first kappa shape index (κ1) is 9.58. The Bertz CT molecular complexity index is 268. The molecule has 0 amide bonds. The minimum Gasteiger partial charge on any atom is -0.489 e. The van der Waals surface area contributed by atoms with Crippen LogP contribution in [0.2, 0.25) is 10.2 Å². The minimum absolute atomic E-state index is 0.347. The molecule has 0 unspecified atom stereocenters. The number of hydrogen-bond acceptors (Lipinski definition) is 3. The van der Waals surface area contributed by atoms with E-state index in [0.717, 1.165) is 0 Å². The van der Waals surface area contributed by atoms with E-state index in [4.69, 9.17) is 33.7 Å². The average molecular weight is 207 g/mol. The molecule has 0 radical (unpaired) electrons. The number of rotatable bonds is 3. The van der Waals surface area contributed by atoms with Crippen LogP contribution in [0.25, 0.3) is 0 Å². The van der Waals surface area contributed by atoms with Crippen molar-refractivity contribution in [3.63, 3.8) is 0 Å². The van der Waals surface area contributed by atoms with Crippen molar-refractivity contribution in [2.75, 3.05) is 13.2 Å². The van der Waals surface area contributed by atoms with E-state index in [1.165, 1.54) is 12.3 Å². The molecular formula is C7H8Cl2N2O. The molecular weight excluding hydrogens is 199 g/mol. The number of halogens is 2. The van der Waals surface area contributed by atoms with Crippen LogP contribution in [-0.2, 0) is 0 Å². The smallest absolute Gasteiger partial charge is 0.156 e. The summed E-state index contributed by atoms with van der Waals surface area (Å²) in [6, 6.07) is 1.52. The van der Waals surface area contributed by atoms with Crippen LogP contribution in [0, 0.1) is 0 Å². The number of ether oxygens (including phenoxy) is 1. The van der Waals surface area contributed by atoms with Crippen LogP contribution >= 0.6 is 23.2 Å². The Kier molecular flexibility index (Phi) is 3.59. The number of pyridine rings is 1. The van der Waals surface area contributed by atoms with Crippen molar-refractivity contribution in [2.45, 2.75) is 0 Å². The molecule has 0 aliphatic carbocycles. The maximum absolute atomic E-state index is 5.77. The lowest BCUT2D eigenvalue weighted by atomic mass is 10.4. The van der Waals surface area contributed by atoms with Gasteiger partial charge < -0.3 is 10.5 Å². The summed E-state index contributed by atoms with van der Waals surface area (Å²) in [5.41, 5.74) is 5.24. The molecule has 1 heterocycles. The Hall–Kier alpha value is -0.510. The van der Waals surface area contributed by atoms with Gasteiger partial charge in [-0.05, 0) is 6.07 Å². The van der Waals surface area contributed by atoms with Crippen molar-refractivity contribution in [1.29, 1.82) is 0 Å². The molecule has 0 aliphatic rings. The summed E-state index contributed by atoms with van der Waals surface area (Å²) in [7, 11) is 0. The monoisotopic (exact) mass is 206 g/mol. The van der Waals surface area contributed by atoms with Gasteiger partial charge in [0.2, 0.25) is 0 Å². The third kappa shape index (κ3) is 2.52. The second kappa shape index (κ2) is 4.50. The Morgan fingerprint density at radius 1 is 1.50 bits per heavy atom. The highest BCUT2D eigenvalue weighted by atomic mass is 35.5. The fourth-order valence-electron chi connectivity index (χ4n) is 0.670. The molecule has 12 heavy (non-hydrogen) atoms. The molecule has 0 spiro atoms. The largest absolute Gasteiger partial charge is 0.489 e. The van der Waals surface area contributed by atoms with Crippen LogP contribution in [-0.4, -0.2) is 18.1 Å². The maximum atomic E-state index is 5.77. The van der Waals surface area contributed by atoms with Crippen LogP contribution in [0.1, 0.15) is 0 Å². The van der Waals surface area contributed by atoms with Crippen molar-refractivity contribution in [3.8, 4) is 5.75 Å². The third-order valence-electron chi connectivity index (χ3n) is 1.16. The van der Waals surface area contributed by atoms with Crippen LogP contribution in [0.3, 0.4) is 0 Å². The van der Waals surface area contributed by atoms with E-state index in [-0.39, 0.29) is 0 Å². The van der Waals surface area contributed by atoms with Gasteiger partial charge in [-0.25, -0.2) is 4.98 Å². The van der Waals surface area contributed by atoms with Crippen molar-refractivity contribution in [2.24, 2.45) is 5.73 Å². The van der Waals surface area contributed by atoms with Gasteiger partial charge in [-0.2, -0.15) is 0 Å². The Balaban J connectivity index is 2.72. The third-order valence-corrected chi connectivity index (χ3v) is 1.66. The molecule has 0 aliphatic heterocycles. The second-order valence-electron chi connectivity index (χ2n) is 2.07. The summed E-state index contributed by atoms with van der Waals surface area (Å²) in [5.74, 6) is 0.506. The minimum atomic E-state index is 0.347. The van der Waals surface area contributed by atoms with Crippen molar-refractivity contribution >= 4 is 23.2 Å². The summed E-state index contributed by atoms with van der Waals surface area (Å²) in [6.45, 7) is 0.863. The van der Waals surface area contributed by atoms with E-state index in [0.29, 0.717) is 29.1 Å². The molecule has 0 saturated carbocycles. The van der Waals surface area contributed by atoms with Gasteiger partial charge in [-0.3, -0.25) is 0 Å². The van der Waals surface area contributed by atoms with Gasteiger partial charge in [-0.15, -0.1) is 0 Å². The molecule has 0 aromatic carbocycles. The van der Waals surface area contributed by atoms with Crippen LogP contribution < -0.4 is 10.5 Å². The van der Waals surface area contributed by atoms with E-state index in [1.807, 2.05) is 0 Å². The highest BCUT2D eigenvalue weighted by molar-refractivity contribution is 6.34. The normalized spacial score (nSPS) is 9.92. The maximum Gasteiger partial charge on any atom is 0.156 e. The van der Waals surface area contributed by atoms with E-state index < -0.39 is 0 Å². The zero-order chi connectivity index (χ0) is 8.97. The van der Waals surface area contributed by atoms with Crippen molar-refractivity contribution in [3.05, 3.63) is 22.4 Å². The van der Waals surface area contributed by atoms with E-state index in [9.17, 15) is 0 Å². The molecule has 1 aromatic rings. The van der Waals surface area contributed by atoms with Gasteiger partial charge in [0.15, 0.2) is 5.75 Å². The standard InChI is InChI=1S/C7H8Cl2N2O/c8-5-3-7(9)11-4-6(5)12-2-1-10/h3-4H,1-2,10H2. The van der Waals surface area contributed by atoms with Gasteiger partial charge in [0, 0.05) is 6.54 Å². The molecule has 5 heteroatoms. The molecule has 3 nitrogen and oxygen atoms in total. The first-order valence-corrected chi connectivity index (χ1v) is 4.13. The number of nitrogens with two attached hydrogens (primary N) is 1. The quantitative estimate of drug-likeness (QED) is 0.767. The topological polar surface area (TPSA) is 48.1 Å². The Labute approximate surface area is 80.4 Å². The fraction of sp³-hybridized carbons (Fsp3) is 0.286. The molecule has 1 rings (SSSR count). The molecule has 0 saturated heterocycles. The summed E-state index contributed by atoms with van der Waals surface area (Å²) in [6.07, 6.45) is 1.47. The van der Waals surface area contributed by atoms with Crippen LogP contribution in [0.4, 0.5) is 0 Å². The molecule has 0 bridgehead atoms. The van der Waals surface area contributed by atoms with Gasteiger partial charge in [0.25, 0.3) is 0 Å². The van der Waals surface area contributed by atoms with Crippen LogP contribution in [0.5, 0.6) is 5.75 Å². The predicted octanol–water partition coefficient (Wildman–Crippen LogP) is 1.73. The molecule has 0 atom stereocenters. The van der Waals surface area contributed by atoms with E-state index in [2.05, 4.69) is 4.98 Å². The van der Waals surface area contributed by atoms with Gasteiger partial charge in [-0.1, -0.05) is 23.2 Å². The molecule has 2 N–H and O–H groups in total. The van der Waals surface area contributed by atoms with Crippen molar-refractivity contribution in [1.82, 2.24) is 4.98 Å². The summed E-state index contributed by atoms with van der Waals surface area (Å²) < 4.78 is 5.16. The first-order chi connectivity index (χ1) is 5.74. The lowest BCUT2D eigenvalue weighted by Gasteiger charge is -2.05. The van der Waals surface area contributed by atoms with Crippen LogP contribution in [0.15, 0.2) is 12.3 Å². The zero-order valence-electron chi connectivity index (χ0n) is 6.26.